The Kier molecular flexibility index (Phi) is 6.05. The summed E-state index contributed by atoms with van der Waals surface area (Å²) in [6.07, 6.45) is 3.52. The maximum atomic E-state index is 5.90. The molecule has 0 atom stereocenters. The van der Waals surface area contributed by atoms with Crippen molar-refractivity contribution in [2.45, 2.75) is 46.2 Å². The molecule has 0 fully saturated rings. The van der Waals surface area contributed by atoms with E-state index >= 15 is 0 Å². The summed E-state index contributed by atoms with van der Waals surface area (Å²) in [5.41, 5.74) is 0. The van der Waals surface area contributed by atoms with Crippen LogP contribution in [-0.2, 0) is 13.6 Å². The molecule has 3 nitrogen and oxygen atoms in total. The molecule has 0 heterocycles. The lowest BCUT2D eigenvalue weighted by atomic mass is 10.4. The van der Waals surface area contributed by atoms with Gasteiger partial charge >= 0.3 is 0 Å². The van der Waals surface area contributed by atoms with Crippen molar-refractivity contribution in [1.82, 2.24) is 0 Å². The Morgan fingerprint density at radius 2 is 1.35 bits per heavy atom. The van der Waals surface area contributed by atoms with Crippen molar-refractivity contribution < 1.29 is 13.6 Å². The Morgan fingerprint density at radius 3 is 1.71 bits per heavy atom. The summed E-state index contributed by atoms with van der Waals surface area (Å²) in [6.45, 7) is 14.8. The predicted octanol–water partition coefficient (Wildman–Crippen LogP) is 4.08. The SMILES string of the molecule is CO/C=C(\C=C(/C)O[Si](C)(C)C)O[Si](C)(C)C. The second kappa shape index (κ2) is 6.30. The molecule has 17 heavy (non-hydrogen) atoms. The van der Waals surface area contributed by atoms with Crippen LogP contribution in [0.5, 0.6) is 0 Å². The summed E-state index contributed by atoms with van der Waals surface area (Å²) >= 11 is 0. The third-order valence-electron chi connectivity index (χ3n) is 1.47. The van der Waals surface area contributed by atoms with Crippen molar-refractivity contribution >= 4 is 16.6 Å². The van der Waals surface area contributed by atoms with E-state index in [4.69, 9.17) is 13.6 Å². The zero-order chi connectivity index (χ0) is 13.7. The molecule has 5 heteroatoms. The standard InChI is InChI=1S/C12H26O3Si2/c1-11(14-16(3,4)5)9-12(10-13-2)15-17(6,7)8/h9-10H,1-8H3/b11-9+,12-10+. The lowest BCUT2D eigenvalue weighted by molar-refractivity contribution is 0.306. The van der Waals surface area contributed by atoms with E-state index in [0.717, 1.165) is 11.5 Å². The van der Waals surface area contributed by atoms with Gasteiger partial charge in [-0.2, -0.15) is 0 Å². The molecule has 0 saturated heterocycles. The lowest BCUT2D eigenvalue weighted by Gasteiger charge is -2.22. The monoisotopic (exact) mass is 274 g/mol. The molecule has 0 aromatic carbocycles. The molecule has 0 N–H and O–H groups in total. The van der Waals surface area contributed by atoms with E-state index in [2.05, 4.69) is 39.3 Å². The van der Waals surface area contributed by atoms with Crippen molar-refractivity contribution in [3.8, 4) is 0 Å². The Bertz CT molecular complexity index is 296. The minimum absolute atomic E-state index is 0.738. The van der Waals surface area contributed by atoms with Gasteiger partial charge in [-0.1, -0.05) is 0 Å². The zero-order valence-electron chi connectivity index (χ0n) is 12.4. The molecule has 0 amide bonds. The Balaban J connectivity index is 4.76. The van der Waals surface area contributed by atoms with E-state index in [9.17, 15) is 0 Å². The number of methoxy groups -OCH3 is 1. The fourth-order valence-corrected chi connectivity index (χ4v) is 3.11. The highest BCUT2D eigenvalue weighted by molar-refractivity contribution is 6.70. The van der Waals surface area contributed by atoms with Crippen LogP contribution in [0.15, 0.2) is 23.9 Å². The second-order valence-electron chi connectivity index (χ2n) is 5.94. The van der Waals surface area contributed by atoms with Gasteiger partial charge in [-0.25, -0.2) is 0 Å². The minimum atomic E-state index is -1.62. The quantitative estimate of drug-likeness (QED) is 0.415. The first-order valence-corrected chi connectivity index (χ1v) is 12.6. The van der Waals surface area contributed by atoms with E-state index < -0.39 is 16.6 Å². The summed E-state index contributed by atoms with van der Waals surface area (Å²) in [5, 5.41) is 0. The van der Waals surface area contributed by atoms with Crippen LogP contribution in [-0.4, -0.2) is 23.7 Å². The summed E-state index contributed by atoms with van der Waals surface area (Å²) < 4.78 is 16.8. The van der Waals surface area contributed by atoms with Crippen molar-refractivity contribution in [2.75, 3.05) is 7.11 Å². The maximum Gasteiger partial charge on any atom is 0.242 e. The first kappa shape index (κ1) is 16.3. The van der Waals surface area contributed by atoms with E-state index in [1.807, 2.05) is 13.0 Å². The Labute approximate surface area is 108 Å². The van der Waals surface area contributed by atoms with Gasteiger partial charge in [0.25, 0.3) is 0 Å². The van der Waals surface area contributed by atoms with Gasteiger partial charge in [0.05, 0.1) is 12.9 Å². The topological polar surface area (TPSA) is 27.7 Å². The molecule has 0 saturated carbocycles. The van der Waals surface area contributed by atoms with Gasteiger partial charge in [0.15, 0.2) is 0 Å². The number of hydrogen-bond donors (Lipinski definition) is 0. The molecular weight excluding hydrogens is 248 g/mol. The van der Waals surface area contributed by atoms with Gasteiger partial charge < -0.3 is 13.6 Å². The van der Waals surface area contributed by atoms with Crippen LogP contribution in [0, 0.1) is 0 Å². The van der Waals surface area contributed by atoms with Crippen LogP contribution in [0.3, 0.4) is 0 Å². The minimum Gasteiger partial charge on any atom is -0.547 e. The second-order valence-corrected chi connectivity index (χ2v) is 14.8. The van der Waals surface area contributed by atoms with Crippen LogP contribution in [0.25, 0.3) is 0 Å². The normalized spacial score (nSPS) is 14.6. The zero-order valence-corrected chi connectivity index (χ0v) is 14.4. The molecule has 0 rings (SSSR count). The van der Waals surface area contributed by atoms with Crippen LogP contribution >= 0.6 is 0 Å². The molecule has 0 aliphatic carbocycles. The van der Waals surface area contributed by atoms with Crippen molar-refractivity contribution in [3.63, 3.8) is 0 Å². The summed E-state index contributed by atoms with van der Waals surface area (Å²) in [6, 6.07) is 0. The van der Waals surface area contributed by atoms with Gasteiger partial charge in [-0.3, -0.25) is 0 Å². The van der Waals surface area contributed by atoms with Crippen LogP contribution < -0.4 is 0 Å². The van der Waals surface area contributed by atoms with Crippen molar-refractivity contribution in [1.29, 1.82) is 0 Å². The van der Waals surface area contributed by atoms with Crippen LogP contribution in [0.2, 0.25) is 39.3 Å². The molecule has 0 bridgehead atoms. The van der Waals surface area contributed by atoms with Gasteiger partial charge in [0.1, 0.15) is 12.0 Å². The highest BCUT2D eigenvalue weighted by atomic mass is 28.4. The Morgan fingerprint density at radius 1 is 0.882 bits per heavy atom. The molecule has 0 spiro atoms. The third-order valence-corrected chi connectivity index (χ3v) is 3.25. The first-order valence-electron chi connectivity index (χ1n) is 5.83. The fourth-order valence-electron chi connectivity index (χ4n) is 1.27. The Hall–Kier alpha value is -0.686. The molecule has 0 aromatic rings. The molecule has 100 valence electrons. The van der Waals surface area contributed by atoms with Gasteiger partial charge in [-0.15, -0.1) is 0 Å². The highest BCUT2D eigenvalue weighted by Crippen LogP contribution is 2.16. The van der Waals surface area contributed by atoms with E-state index in [0.29, 0.717) is 0 Å². The van der Waals surface area contributed by atoms with E-state index in [1.165, 1.54) is 0 Å². The third kappa shape index (κ3) is 10.2. The number of allylic oxidation sites excluding steroid dienone is 2. The number of rotatable bonds is 6. The van der Waals surface area contributed by atoms with Gasteiger partial charge in [0.2, 0.25) is 16.6 Å². The highest BCUT2D eigenvalue weighted by Gasteiger charge is 2.19. The average molecular weight is 275 g/mol. The van der Waals surface area contributed by atoms with Crippen molar-refractivity contribution in [3.05, 3.63) is 23.9 Å². The average Bonchev–Trinajstić information content (AvgIpc) is 1.95. The molecular formula is C12H26O3Si2. The van der Waals surface area contributed by atoms with E-state index in [-0.39, 0.29) is 0 Å². The lowest BCUT2D eigenvalue weighted by Crippen LogP contribution is -2.26. The molecule has 0 aliphatic rings. The maximum absolute atomic E-state index is 5.90. The van der Waals surface area contributed by atoms with Crippen LogP contribution in [0.1, 0.15) is 6.92 Å². The summed E-state index contributed by atoms with van der Waals surface area (Å²) in [7, 11) is -1.55. The molecule has 0 aromatic heterocycles. The number of hydrogen-bond acceptors (Lipinski definition) is 3. The van der Waals surface area contributed by atoms with Crippen molar-refractivity contribution in [2.24, 2.45) is 0 Å². The summed E-state index contributed by atoms with van der Waals surface area (Å²) in [4.78, 5) is 0. The largest absolute Gasteiger partial charge is 0.547 e. The van der Waals surface area contributed by atoms with Crippen LogP contribution in [0.4, 0.5) is 0 Å². The molecule has 0 radical (unpaired) electrons. The number of ether oxygens (including phenoxy) is 1. The smallest absolute Gasteiger partial charge is 0.242 e. The van der Waals surface area contributed by atoms with E-state index in [1.54, 1.807) is 13.4 Å². The molecule has 0 unspecified atom stereocenters. The van der Waals surface area contributed by atoms with Gasteiger partial charge in [0, 0.05) is 6.08 Å². The fraction of sp³-hybridized carbons (Fsp3) is 0.667. The first-order chi connectivity index (χ1) is 7.53. The predicted molar refractivity (Wildman–Crippen MR) is 77.7 cm³/mol. The summed E-state index contributed by atoms with van der Waals surface area (Å²) in [5.74, 6) is 1.62. The van der Waals surface area contributed by atoms with Gasteiger partial charge in [-0.05, 0) is 46.2 Å². The molecule has 0 aliphatic heterocycles.